The van der Waals surface area contributed by atoms with Crippen molar-refractivity contribution in [2.45, 2.75) is 0 Å². The van der Waals surface area contributed by atoms with Gasteiger partial charge in [0, 0.05) is 12.7 Å². The zero-order chi connectivity index (χ0) is 9.68. The van der Waals surface area contributed by atoms with Crippen molar-refractivity contribution >= 4 is 23.0 Å². The monoisotopic (exact) mass is 196 g/mol. The summed E-state index contributed by atoms with van der Waals surface area (Å²) in [6.45, 7) is 0. The van der Waals surface area contributed by atoms with E-state index in [4.69, 9.17) is 17.1 Å². The molecule has 0 amide bonds. The van der Waals surface area contributed by atoms with Crippen molar-refractivity contribution in [3.63, 3.8) is 0 Å². The Bertz CT molecular complexity index is 276. The van der Waals surface area contributed by atoms with E-state index in [-0.39, 0.29) is 0 Å². The third kappa shape index (κ3) is 3.01. The van der Waals surface area contributed by atoms with Crippen LogP contribution in [0, 0.1) is 0 Å². The van der Waals surface area contributed by atoms with Gasteiger partial charge in [-0.1, -0.05) is 18.2 Å². The van der Waals surface area contributed by atoms with Gasteiger partial charge < -0.3 is 5.32 Å². The van der Waals surface area contributed by atoms with Crippen LogP contribution in [0.5, 0.6) is 0 Å². The Hall–Kier alpha value is -1.13. The third-order valence-electron chi connectivity index (χ3n) is 1.58. The van der Waals surface area contributed by atoms with Gasteiger partial charge >= 0.3 is 0 Å². The van der Waals surface area contributed by atoms with Gasteiger partial charge in [-0.15, -0.1) is 0 Å². The molecule has 1 aromatic carbocycles. The van der Waals surface area contributed by atoms with Crippen LogP contribution in [-0.2, 0) is 4.84 Å². The Morgan fingerprint density at radius 1 is 1.38 bits per heavy atom. The van der Waals surface area contributed by atoms with E-state index in [2.05, 4.69) is 5.32 Å². The largest absolute Gasteiger partial charge is 0.331 e. The summed E-state index contributed by atoms with van der Waals surface area (Å²) in [7, 11) is 3.32. The average Bonchev–Trinajstić information content (AvgIpc) is 2.18. The molecular formula is C9H12N2OS. The lowest BCUT2D eigenvalue weighted by atomic mass is 10.3. The number of hydrogen-bond donors (Lipinski definition) is 1. The predicted molar refractivity (Wildman–Crippen MR) is 57.4 cm³/mol. The molecule has 0 spiro atoms. The van der Waals surface area contributed by atoms with Crippen molar-refractivity contribution in [1.29, 1.82) is 0 Å². The van der Waals surface area contributed by atoms with Gasteiger partial charge in [0.15, 0.2) is 5.11 Å². The van der Waals surface area contributed by atoms with E-state index in [0.29, 0.717) is 5.11 Å². The van der Waals surface area contributed by atoms with Crippen molar-refractivity contribution in [2.24, 2.45) is 0 Å². The van der Waals surface area contributed by atoms with Gasteiger partial charge in [-0.05, 0) is 24.4 Å². The molecule has 70 valence electrons. The maximum Gasteiger partial charge on any atom is 0.197 e. The van der Waals surface area contributed by atoms with Gasteiger partial charge in [0.1, 0.15) is 0 Å². The molecule has 0 radical (unpaired) electrons. The molecule has 0 aliphatic carbocycles. The fourth-order valence-corrected chi connectivity index (χ4v) is 0.999. The molecule has 0 atom stereocenters. The minimum absolute atomic E-state index is 0.536. The number of para-hydroxylation sites is 1. The summed E-state index contributed by atoms with van der Waals surface area (Å²) < 4.78 is 0. The molecule has 13 heavy (non-hydrogen) atoms. The lowest BCUT2D eigenvalue weighted by molar-refractivity contribution is -0.0391. The Morgan fingerprint density at radius 3 is 2.54 bits per heavy atom. The molecule has 1 N–H and O–H groups in total. The molecule has 0 unspecified atom stereocenters. The zero-order valence-corrected chi connectivity index (χ0v) is 8.47. The molecule has 0 aliphatic rings. The highest BCUT2D eigenvalue weighted by molar-refractivity contribution is 7.80. The minimum Gasteiger partial charge on any atom is -0.331 e. The second kappa shape index (κ2) is 4.79. The number of rotatable bonds is 2. The quantitative estimate of drug-likeness (QED) is 0.576. The van der Waals surface area contributed by atoms with E-state index in [1.54, 1.807) is 14.2 Å². The molecule has 1 aromatic rings. The normalized spacial score (nSPS) is 9.38. The predicted octanol–water partition coefficient (Wildman–Crippen LogP) is 1.88. The van der Waals surface area contributed by atoms with Gasteiger partial charge in [0.05, 0.1) is 7.11 Å². The van der Waals surface area contributed by atoms with Gasteiger partial charge in [0.25, 0.3) is 0 Å². The average molecular weight is 196 g/mol. The molecule has 0 saturated carbocycles. The lowest BCUT2D eigenvalue weighted by Crippen LogP contribution is -2.29. The summed E-state index contributed by atoms with van der Waals surface area (Å²) in [5.41, 5.74) is 0.955. The van der Waals surface area contributed by atoms with Crippen LogP contribution in [0.15, 0.2) is 30.3 Å². The van der Waals surface area contributed by atoms with Crippen molar-refractivity contribution in [1.82, 2.24) is 5.06 Å². The maximum atomic E-state index is 5.05. The Morgan fingerprint density at radius 2 is 2.00 bits per heavy atom. The van der Waals surface area contributed by atoms with Crippen LogP contribution < -0.4 is 5.32 Å². The smallest absolute Gasteiger partial charge is 0.197 e. The second-order valence-corrected chi connectivity index (χ2v) is 2.86. The number of hydroxylamine groups is 2. The van der Waals surface area contributed by atoms with Crippen molar-refractivity contribution < 1.29 is 4.84 Å². The third-order valence-corrected chi connectivity index (χ3v) is 1.94. The summed E-state index contributed by atoms with van der Waals surface area (Å²) in [6.07, 6.45) is 0. The lowest BCUT2D eigenvalue weighted by Gasteiger charge is -2.17. The Labute approximate surface area is 83.3 Å². The number of nitrogens with zero attached hydrogens (tertiary/aromatic N) is 1. The van der Waals surface area contributed by atoms with E-state index in [1.165, 1.54) is 5.06 Å². The van der Waals surface area contributed by atoms with Crippen LogP contribution in [0.25, 0.3) is 0 Å². The van der Waals surface area contributed by atoms with Gasteiger partial charge in [0.2, 0.25) is 0 Å². The van der Waals surface area contributed by atoms with E-state index in [9.17, 15) is 0 Å². The highest BCUT2D eigenvalue weighted by atomic mass is 32.1. The van der Waals surface area contributed by atoms with Crippen molar-refractivity contribution in [2.75, 3.05) is 19.5 Å². The van der Waals surface area contributed by atoms with E-state index in [0.717, 1.165) is 5.69 Å². The highest BCUT2D eigenvalue weighted by Crippen LogP contribution is 2.05. The standard InChI is InChI=1S/C9H12N2OS/c1-11(12-2)9(13)10-8-6-4-3-5-7-8/h3-7H,1-2H3,(H,10,13). The molecular weight excluding hydrogens is 184 g/mol. The number of benzene rings is 1. The van der Waals surface area contributed by atoms with Crippen LogP contribution >= 0.6 is 12.2 Å². The molecule has 0 saturated heterocycles. The fraction of sp³-hybridized carbons (Fsp3) is 0.222. The summed E-state index contributed by atoms with van der Waals surface area (Å²) in [6, 6.07) is 9.72. The molecule has 0 fully saturated rings. The van der Waals surface area contributed by atoms with Crippen LogP contribution in [0.1, 0.15) is 0 Å². The van der Waals surface area contributed by atoms with E-state index < -0.39 is 0 Å². The first-order valence-corrected chi connectivity index (χ1v) is 4.28. The van der Waals surface area contributed by atoms with Crippen LogP contribution in [-0.4, -0.2) is 24.3 Å². The first kappa shape index (κ1) is 9.95. The van der Waals surface area contributed by atoms with Crippen LogP contribution in [0.3, 0.4) is 0 Å². The van der Waals surface area contributed by atoms with Gasteiger partial charge in [-0.2, -0.15) is 0 Å². The summed E-state index contributed by atoms with van der Waals surface area (Å²) in [4.78, 5) is 4.91. The molecule has 1 rings (SSSR count). The van der Waals surface area contributed by atoms with Gasteiger partial charge in [-0.25, -0.2) is 5.06 Å². The molecule has 0 heterocycles. The summed E-state index contributed by atoms with van der Waals surface area (Å²) in [5.74, 6) is 0. The molecule has 0 aromatic heterocycles. The molecule has 3 nitrogen and oxygen atoms in total. The van der Waals surface area contributed by atoms with E-state index >= 15 is 0 Å². The summed E-state index contributed by atoms with van der Waals surface area (Å²) >= 11 is 5.05. The van der Waals surface area contributed by atoms with Crippen molar-refractivity contribution in [3.8, 4) is 0 Å². The number of thiocarbonyl (C=S) groups is 1. The van der Waals surface area contributed by atoms with Gasteiger partial charge in [-0.3, -0.25) is 4.84 Å². The Kier molecular flexibility index (Phi) is 3.67. The summed E-state index contributed by atoms with van der Waals surface area (Å²) in [5, 5.41) is 5.05. The maximum absolute atomic E-state index is 5.05. The molecule has 4 heteroatoms. The fourth-order valence-electron chi connectivity index (χ4n) is 0.807. The highest BCUT2D eigenvalue weighted by Gasteiger charge is 2.01. The SMILES string of the molecule is CON(C)C(=S)Nc1ccccc1. The topological polar surface area (TPSA) is 24.5 Å². The number of hydrogen-bond acceptors (Lipinski definition) is 2. The first-order chi connectivity index (χ1) is 6.24. The number of anilines is 1. The first-order valence-electron chi connectivity index (χ1n) is 3.88. The van der Waals surface area contributed by atoms with Crippen LogP contribution in [0.2, 0.25) is 0 Å². The Balaban J connectivity index is 2.55. The molecule has 0 bridgehead atoms. The number of nitrogens with one attached hydrogen (secondary N) is 1. The minimum atomic E-state index is 0.536. The van der Waals surface area contributed by atoms with E-state index in [1.807, 2.05) is 30.3 Å². The molecule has 0 aliphatic heterocycles. The van der Waals surface area contributed by atoms with Crippen LogP contribution in [0.4, 0.5) is 5.69 Å². The van der Waals surface area contributed by atoms with Crippen molar-refractivity contribution in [3.05, 3.63) is 30.3 Å². The second-order valence-electron chi connectivity index (χ2n) is 2.48. The zero-order valence-electron chi connectivity index (χ0n) is 7.65.